The van der Waals surface area contributed by atoms with Crippen LogP contribution in [0.1, 0.15) is 45.5 Å². The van der Waals surface area contributed by atoms with Gasteiger partial charge < -0.3 is 14.8 Å². The summed E-state index contributed by atoms with van der Waals surface area (Å²) in [5, 5.41) is 7.66. The molecule has 0 amide bonds. The fraction of sp³-hybridized carbons (Fsp3) is 0.550. The molecule has 11 heteroatoms. The second-order valence-corrected chi connectivity index (χ2v) is 10.1. The van der Waals surface area contributed by atoms with Crippen molar-refractivity contribution < 1.29 is 27.1 Å². The Bertz CT molecular complexity index is 966. The first kappa shape index (κ1) is 24.7. The lowest BCUT2D eigenvalue weighted by atomic mass is 10.1. The third-order valence-electron chi connectivity index (χ3n) is 4.33. The number of sulfone groups is 1. The van der Waals surface area contributed by atoms with E-state index in [1.807, 2.05) is 25.5 Å². The molecule has 1 fully saturated rings. The number of benzene rings is 1. The maximum atomic E-state index is 13.9. The van der Waals surface area contributed by atoms with Crippen LogP contribution in [0.5, 0.6) is 5.75 Å². The first-order valence-electron chi connectivity index (χ1n) is 9.84. The molecule has 172 valence electrons. The average Bonchev–Trinajstić information content (AvgIpc) is 3.15. The van der Waals surface area contributed by atoms with Crippen molar-refractivity contribution in [3.8, 4) is 5.75 Å². The van der Waals surface area contributed by atoms with Crippen LogP contribution in [0, 0.1) is 5.82 Å². The molecule has 2 aromatic rings. The minimum atomic E-state index is -3.45. The zero-order valence-electron chi connectivity index (χ0n) is 18.2. The van der Waals surface area contributed by atoms with Gasteiger partial charge in [-0.15, -0.1) is 0 Å². The van der Waals surface area contributed by atoms with E-state index in [1.165, 1.54) is 12.1 Å². The molecule has 0 unspecified atom stereocenters. The number of carbonyl (C=O) groups is 1. The number of nitrogens with zero attached hydrogens (tertiary/aromatic N) is 3. The van der Waals surface area contributed by atoms with Gasteiger partial charge in [-0.2, -0.15) is 5.10 Å². The molecule has 2 heterocycles. The van der Waals surface area contributed by atoms with Crippen molar-refractivity contribution in [2.45, 2.75) is 56.8 Å². The lowest BCUT2D eigenvalue weighted by Crippen LogP contribution is -2.29. The van der Waals surface area contributed by atoms with Crippen LogP contribution in [0.3, 0.4) is 0 Å². The smallest absolute Gasteiger partial charge is 0.293 e. The van der Waals surface area contributed by atoms with Crippen LogP contribution < -0.4 is 10.1 Å². The van der Waals surface area contributed by atoms with E-state index in [9.17, 15) is 17.6 Å². The van der Waals surface area contributed by atoms with E-state index < -0.39 is 15.7 Å². The highest BCUT2D eigenvalue weighted by atomic mass is 32.2. The van der Waals surface area contributed by atoms with Gasteiger partial charge in [-0.3, -0.25) is 4.79 Å². The molecular weight excluding hydrogens is 427 g/mol. The van der Waals surface area contributed by atoms with Crippen molar-refractivity contribution in [3.05, 3.63) is 36.2 Å². The van der Waals surface area contributed by atoms with Crippen molar-refractivity contribution in [1.29, 1.82) is 0 Å². The molecule has 1 saturated heterocycles. The molecule has 0 saturated carbocycles. The molecule has 31 heavy (non-hydrogen) atoms. The number of ether oxygens (including phenoxy) is 2. The molecule has 0 bridgehead atoms. The summed E-state index contributed by atoms with van der Waals surface area (Å²) in [7, 11) is -3.45. The third kappa shape index (κ3) is 8.25. The number of piperidine rings is 1. The highest BCUT2D eigenvalue weighted by Gasteiger charge is 2.17. The van der Waals surface area contributed by atoms with E-state index in [2.05, 4.69) is 20.1 Å². The number of aromatic nitrogens is 3. The maximum absolute atomic E-state index is 13.9. The Morgan fingerprint density at radius 3 is 2.48 bits per heavy atom. The minimum Gasteiger partial charge on any atom is -0.482 e. The van der Waals surface area contributed by atoms with E-state index in [0.29, 0.717) is 18.3 Å². The van der Waals surface area contributed by atoms with E-state index >= 15 is 0 Å². The lowest BCUT2D eigenvalue weighted by molar-refractivity contribution is -0.138. The van der Waals surface area contributed by atoms with Crippen molar-refractivity contribution in [2.24, 2.45) is 0 Å². The molecular formula is C20H29FN4O5S. The Morgan fingerprint density at radius 2 is 1.97 bits per heavy atom. The Kier molecular flexibility index (Phi) is 8.52. The van der Waals surface area contributed by atoms with Gasteiger partial charge in [0.05, 0.1) is 10.9 Å². The normalized spacial score (nSPS) is 15.0. The highest BCUT2D eigenvalue weighted by Crippen LogP contribution is 2.22. The fourth-order valence-corrected chi connectivity index (χ4v) is 3.37. The number of carbonyl (C=O) groups excluding carboxylic acids is 1. The van der Waals surface area contributed by atoms with Crippen LogP contribution in [-0.2, 0) is 26.0 Å². The predicted molar refractivity (Wildman–Crippen MR) is 112 cm³/mol. The quantitative estimate of drug-likeness (QED) is 0.659. The predicted octanol–water partition coefficient (Wildman–Crippen LogP) is 2.28. The van der Waals surface area contributed by atoms with E-state index in [-0.39, 0.29) is 22.9 Å². The second kappa shape index (κ2) is 10.7. The lowest BCUT2D eigenvalue weighted by Gasteiger charge is -2.22. The Labute approximate surface area is 181 Å². The standard InChI is InChI=1S/C15H19FN4O3S.C5H10O2/c1-24(21,22)12-2-3-14(13(16)8-12)23-9-15-18-10-20(19-15)11-4-6-17-7-5-11;1-5(2,3)7-4-6/h2-3,8,10-11,17H,4-7,9H2,1H3;4H,1-3H3. The summed E-state index contributed by atoms with van der Waals surface area (Å²) in [6, 6.07) is 3.88. The molecule has 1 aromatic carbocycles. The Balaban J connectivity index is 0.000000423. The maximum Gasteiger partial charge on any atom is 0.293 e. The van der Waals surface area contributed by atoms with Crippen molar-refractivity contribution in [2.75, 3.05) is 19.3 Å². The van der Waals surface area contributed by atoms with Crippen molar-refractivity contribution >= 4 is 16.3 Å². The zero-order chi connectivity index (χ0) is 23.1. The summed E-state index contributed by atoms with van der Waals surface area (Å²) < 4.78 is 48.5. The number of halogens is 1. The van der Waals surface area contributed by atoms with Crippen LogP contribution in [-0.4, -0.2) is 54.6 Å². The summed E-state index contributed by atoms with van der Waals surface area (Å²) in [6.07, 6.45) is 4.67. The summed E-state index contributed by atoms with van der Waals surface area (Å²) in [4.78, 5) is 13.7. The second-order valence-electron chi connectivity index (χ2n) is 8.10. The first-order chi connectivity index (χ1) is 14.5. The number of nitrogens with one attached hydrogen (secondary N) is 1. The summed E-state index contributed by atoms with van der Waals surface area (Å²) in [5.74, 6) is -0.295. The van der Waals surface area contributed by atoms with Crippen molar-refractivity contribution in [1.82, 2.24) is 20.1 Å². The molecule has 3 rings (SSSR count). The van der Waals surface area contributed by atoms with Gasteiger partial charge in [0.15, 0.2) is 27.2 Å². The molecule has 0 radical (unpaired) electrons. The van der Waals surface area contributed by atoms with Crippen LogP contribution in [0.25, 0.3) is 0 Å². The SMILES string of the molecule is CC(C)(C)OC=O.CS(=O)(=O)c1ccc(OCc2ncn(C3CCNCC3)n2)c(F)c1. The Morgan fingerprint density at radius 1 is 1.29 bits per heavy atom. The summed E-state index contributed by atoms with van der Waals surface area (Å²) >= 11 is 0. The molecule has 0 aliphatic carbocycles. The van der Waals surface area contributed by atoms with Crippen LogP contribution in [0.4, 0.5) is 4.39 Å². The summed E-state index contributed by atoms with van der Waals surface area (Å²) in [6.45, 7) is 7.85. The molecule has 1 aliphatic rings. The van der Waals surface area contributed by atoms with Gasteiger partial charge in [-0.1, -0.05) is 0 Å². The van der Waals surface area contributed by atoms with Gasteiger partial charge in [0.2, 0.25) is 0 Å². The minimum absolute atomic E-state index is 0.0209. The number of hydrogen-bond acceptors (Lipinski definition) is 8. The van der Waals surface area contributed by atoms with Gasteiger partial charge in [0.1, 0.15) is 18.5 Å². The topological polar surface area (TPSA) is 112 Å². The largest absolute Gasteiger partial charge is 0.482 e. The fourth-order valence-electron chi connectivity index (χ4n) is 2.74. The Hall–Kier alpha value is -2.53. The van der Waals surface area contributed by atoms with Crippen LogP contribution in [0.15, 0.2) is 29.4 Å². The van der Waals surface area contributed by atoms with Gasteiger partial charge >= 0.3 is 0 Å². The van der Waals surface area contributed by atoms with Gasteiger partial charge in [-0.25, -0.2) is 22.5 Å². The van der Waals surface area contributed by atoms with Crippen molar-refractivity contribution in [3.63, 3.8) is 0 Å². The molecule has 9 nitrogen and oxygen atoms in total. The highest BCUT2D eigenvalue weighted by molar-refractivity contribution is 7.90. The number of hydrogen-bond donors (Lipinski definition) is 1. The van der Waals surface area contributed by atoms with Crippen LogP contribution >= 0.6 is 0 Å². The van der Waals surface area contributed by atoms with E-state index in [1.54, 1.807) is 6.33 Å². The molecule has 1 N–H and O–H groups in total. The first-order valence-corrected chi connectivity index (χ1v) is 11.7. The monoisotopic (exact) mass is 456 g/mol. The average molecular weight is 457 g/mol. The summed E-state index contributed by atoms with van der Waals surface area (Å²) in [5.41, 5.74) is -0.318. The van der Waals surface area contributed by atoms with Gasteiger partial charge in [0, 0.05) is 6.26 Å². The zero-order valence-corrected chi connectivity index (χ0v) is 19.0. The molecule has 1 aromatic heterocycles. The molecule has 0 spiro atoms. The van der Waals surface area contributed by atoms with Gasteiger partial charge in [0.25, 0.3) is 6.47 Å². The molecule has 1 aliphatic heterocycles. The van der Waals surface area contributed by atoms with E-state index in [0.717, 1.165) is 38.3 Å². The molecule has 0 atom stereocenters. The number of rotatable bonds is 6. The van der Waals surface area contributed by atoms with Gasteiger partial charge in [-0.05, 0) is 64.9 Å². The van der Waals surface area contributed by atoms with E-state index in [4.69, 9.17) is 4.74 Å². The third-order valence-corrected chi connectivity index (χ3v) is 5.44. The van der Waals surface area contributed by atoms with Crippen LogP contribution in [0.2, 0.25) is 0 Å².